The highest BCUT2D eigenvalue weighted by Crippen LogP contribution is 2.18. The van der Waals surface area contributed by atoms with Gasteiger partial charge in [-0.25, -0.2) is 0 Å². The van der Waals surface area contributed by atoms with Gasteiger partial charge in [0.15, 0.2) is 0 Å². The minimum Gasteiger partial charge on any atom is -0.489 e. The van der Waals surface area contributed by atoms with Crippen molar-refractivity contribution in [1.82, 2.24) is 10.6 Å². The first-order valence-corrected chi connectivity index (χ1v) is 7.29. The topological polar surface area (TPSA) is 93.5 Å². The van der Waals surface area contributed by atoms with Gasteiger partial charge >= 0.3 is 0 Å². The lowest BCUT2D eigenvalue weighted by Gasteiger charge is -2.18. The van der Waals surface area contributed by atoms with E-state index in [0.717, 1.165) is 0 Å². The normalized spacial score (nSPS) is 25.0. The van der Waals surface area contributed by atoms with Gasteiger partial charge in [0.05, 0.1) is 11.6 Å². The Labute approximate surface area is 129 Å². The van der Waals surface area contributed by atoms with Crippen LogP contribution in [0.1, 0.15) is 23.7 Å². The van der Waals surface area contributed by atoms with Crippen molar-refractivity contribution in [2.45, 2.75) is 25.4 Å². The summed E-state index contributed by atoms with van der Waals surface area (Å²) in [5.74, 6) is 0.0639. The Kier molecular flexibility index (Phi) is 5.55. The molecule has 0 saturated carbocycles. The molecule has 6 heteroatoms. The van der Waals surface area contributed by atoms with Crippen molar-refractivity contribution in [3.8, 4) is 5.75 Å². The highest BCUT2D eigenvalue weighted by molar-refractivity contribution is 5.97. The van der Waals surface area contributed by atoms with Crippen LogP contribution in [0.2, 0.25) is 0 Å². The van der Waals surface area contributed by atoms with Gasteiger partial charge in [0.2, 0.25) is 5.91 Å². The Morgan fingerprint density at radius 3 is 2.82 bits per heavy atom. The highest BCUT2D eigenvalue weighted by atomic mass is 16.5. The molecule has 0 radical (unpaired) electrons. The molecule has 0 saturated heterocycles. The third-order valence-electron chi connectivity index (χ3n) is 3.32. The number of nitrogens with two attached hydrogens (primary N) is 1. The minimum absolute atomic E-state index is 0.213. The second-order valence-electron chi connectivity index (χ2n) is 5.24. The fourth-order valence-electron chi connectivity index (χ4n) is 2.07. The SMILES string of the molecule is C[C@H]1CNC(=O)[C@@H](N)C/C=C\COc2ccccc2C(=O)N1. The molecule has 0 bridgehead atoms. The van der Waals surface area contributed by atoms with E-state index in [1.54, 1.807) is 24.3 Å². The highest BCUT2D eigenvalue weighted by Gasteiger charge is 2.17. The van der Waals surface area contributed by atoms with Crippen LogP contribution in [-0.2, 0) is 4.79 Å². The number of amides is 2. The molecule has 0 fully saturated rings. The first kappa shape index (κ1) is 16.0. The van der Waals surface area contributed by atoms with E-state index >= 15 is 0 Å². The predicted molar refractivity (Wildman–Crippen MR) is 83.6 cm³/mol. The molecule has 2 atom stereocenters. The van der Waals surface area contributed by atoms with Crippen molar-refractivity contribution >= 4 is 11.8 Å². The summed E-state index contributed by atoms with van der Waals surface area (Å²) in [5.41, 5.74) is 6.26. The number of nitrogens with one attached hydrogen (secondary N) is 2. The monoisotopic (exact) mass is 303 g/mol. The zero-order valence-electron chi connectivity index (χ0n) is 12.5. The molecular formula is C16H21N3O3. The Morgan fingerprint density at radius 2 is 2.00 bits per heavy atom. The summed E-state index contributed by atoms with van der Waals surface area (Å²) < 4.78 is 5.61. The maximum Gasteiger partial charge on any atom is 0.255 e. The molecule has 1 aromatic rings. The molecule has 2 amide bonds. The summed E-state index contributed by atoms with van der Waals surface area (Å²) in [4.78, 5) is 24.1. The van der Waals surface area contributed by atoms with Gasteiger partial charge in [-0.2, -0.15) is 0 Å². The lowest BCUT2D eigenvalue weighted by molar-refractivity contribution is -0.122. The Hall–Kier alpha value is -2.34. The Bertz CT molecular complexity index is 572. The summed E-state index contributed by atoms with van der Waals surface area (Å²) >= 11 is 0. The summed E-state index contributed by atoms with van der Waals surface area (Å²) in [6.07, 6.45) is 4.04. The molecule has 6 nitrogen and oxygen atoms in total. The van der Waals surface area contributed by atoms with Gasteiger partial charge in [-0.05, 0) is 25.5 Å². The number of benzene rings is 1. The smallest absolute Gasteiger partial charge is 0.255 e. The first-order valence-electron chi connectivity index (χ1n) is 7.29. The van der Waals surface area contributed by atoms with E-state index in [2.05, 4.69) is 10.6 Å². The van der Waals surface area contributed by atoms with Gasteiger partial charge < -0.3 is 21.1 Å². The van der Waals surface area contributed by atoms with E-state index in [-0.39, 0.29) is 17.9 Å². The summed E-state index contributed by atoms with van der Waals surface area (Å²) in [5, 5.41) is 5.57. The van der Waals surface area contributed by atoms with Crippen LogP contribution in [0.3, 0.4) is 0 Å². The van der Waals surface area contributed by atoms with E-state index in [1.165, 1.54) is 0 Å². The van der Waals surface area contributed by atoms with E-state index < -0.39 is 6.04 Å². The lowest BCUT2D eigenvalue weighted by atomic mass is 10.1. The Morgan fingerprint density at radius 1 is 1.23 bits per heavy atom. The lowest BCUT2D eigenvalue weighted by Crippen LogP contribution is -2.46. The van der Waals surface area contributed by atoms with Crippen molar-refractivity contribution in [2.24, 2.45) is 5.73 Å². The van der Waals surface area contributed by atoms with Crippen molar-refractivity contribution in [1.29, 1.82) is 0 Å². The number of rotatable bonds is 0. The number of carbonyl (C=O) groups excluding carboxylic acids is 2. The third kappa shape index (κ3) is 4.33. The number of para-hydroxylation sites is 1. The van der Waals surface area contributed by atoms with E-state index in [1.807, 2.05) is 19.1 Å². The molecule has 0 aliphatic carbocycles. The molecule has 2 rings (SSSR count). The van der Waals surface area contributed by atoms with Crippen LogP contribution in [0, 0.1) is 0 Å². The molecule has 1 aliphatic heterocycles. The molecule has 1 aliphatic rings. The second-order valence-corrected chi connectivity index (χ2v) is 5.24. The second kappa shape index (κ2) is 7.61. The first-order chi connectivity index (χ1) is 10.6. The van der Waals surface area contributed by atoms with Gasteiger partial charge in [-0.3, -0.25) is 9.59 Å². The van der Waals surface area contributed by atoms with E-state index in [9.17, 15) is 9.59 Å². The van der Waals surface area contributed by atoms with Gasteiger partial charge in [-0.1, -0.05) is 24.3 Å². The maximum absolute atomic E-state index is 12.3. The van der Waals surface area contributed by atoms with Crippen molar-refractivity contribution < 1.29 is 14.3 Å². The summed E-state index contributed by atoms with van der Waals surface area (Å²) in [7, 11) is 0. The van der Waals surface area contributed by atoms with Crippen molar-refractivity contribution in [2.75, 3.05) is 13.2 Å². The van der Waals surface area contributed by atoms with Crippen LogP contribution in [0.25, 0.3) is 0 Å². The molecule has 0 spiro atoms. The third-order valence-corrected chi connectivity index (χ3v) is 3.32. The number of ether oxygens (including phenoxy) is 1. The number of carbonyl (C=O) groups is 2. The van der Waals surface area contributed by atoms with E-state index in [4.69, 9.17) is 10.5 Å². The van der Waals surface area contributed by atoms with E-state index in [0.29, 0.717) is 30.9 Å². The molecule has 1 heterocycles. The van der Waals surface area contributed by atoms with Crippen LogP contribution in [-0.4, -0.2) is 37.0 Å². The quantitative estimate of drug-likeness (QED) is 0.611. The molecule has 0 unspecified atom stereocenters. The van der Waals surface area contributed by atoms with Crippen molar-refractivity contribution in [3.63, 3.8) is 0 Å². The molecule has 4 N–H and O–H groups in total. The molecular weight excluding hydrogens is 282 g/mol. The van der Waals surface area contributed by atoms with Crippen LogP contribution < -0.4 is 21.1 Å². The zero-order chi connectivity index (χ0) is 15.9. The minimum atomic E-state index is -0.602. The average Bonchev–Trinajstić information content (AvgIpc) is 2.51. The average molecular weight is 303 g/mol. The molecule has 22 heavy (non-hydrogen) atoms. The number of fused-ring (bicyclic) bond motifs is 1. The van der Waals surface area contributed by atoms with Gasteiger partial charge in [0.1, 0.15) is 12.4 Å². The van der Waals surface area contributed by atoms with Crippen LogP contribution >= 0.6 is 0 Å². The molecule has 118 valence electrons. The van der Waals surface area contributed by atoms with Crippen LogP contribution in [0.4, 0.5) is 0 Å². The fraction of sp³-hybridized carbons (Fsp3) is 0.375. The largest absolute Gasteiger partial charge is 0.489 e. The summed E-state index contributed by atoms with van der Waals surface area (Å²) in [6.45, 7) is 2.46. The molecule has 0 aromatic heterocycles. The van der Waals surface area contributed by atoms with Gasteiger partial charge in [0, 0.05) is 12.6 Å². The zero-order valence-corrected chi connectivity index (χ0v) is 12.5. The number of hydrogen-bond donors (Lipinski definition) is 3. The van der Waals surface area contributed by atoms with Gasteiger partial charge in [-0.15, -0.1) is 0 Å². The van der Waals surface area contributed by atoms with Crippen LogP contribution in [0.15, 0.2) is 36.4 Å². The fourth-order valence-corrected chi connectivity index (χ4v) is 2.07. The number of hydrogen-bond acceptors (Lipinski definition) is 4. The predicted octanol–water partition coefficient (Wildman–Crippen LogP) is 0.587. The maximum atomic E-state index is 12.3. The van der Waals surface area contributed by atoms with Gasteiger partial charge in [0.25, 0.3) is 5.91 Å². The van der Waals surface area contributed by atoms with Crippen molar-refractivity contribution in [3.05, 3.63) is 42.0 Å². The summed E-state index contributed by atoms with van der Waals surface area (Å²) in [6, 6.07) is 6.25. The van der Waals surface area contributed by atoms with Crippen LogP contribution in [0.5, 0.6) is 5.75 Å². The molecule has 1 aromatic carbocycles. The standard InChI is InChI=1S/C16H21N3O3/c1-11-10-18-16(21)13(17)7-4-5-9-22-14-8-3-2-6-12(14)15(20)19-11/h2-6,8,11,13H,7,9-10,17H2,1H3,(H,18,21)(H,19,20)/b5-4-/t11-,13-/m0/s1. The Balaban J connectivity index is 2.18.